The average Bonchev–Trinajstić information content (AvgIpc) is 3.10. The van der Waals surface area contributed by atoms with E-state index in [-0.39, 0.29) is 0 Å². The van der Waals surface area contributed by atoms with Gasteiger partial charge < -0.3 is 20.2 Å². The lowest BCUT2D eigenvalue weighted by Crippen LogP contribution is -2.44. The lowest BCUT2D eigenvalue weighted by Gasteiger charge is -2.36. The molecule has 0 saturated carbocycles. The SMILES string of the molecule is CC(C)(O)CCCC1=CCC(CN2CCCC(Nc3nccc(N4CCCCCC4)n3)C2)CC1. The van der Waals surface area contributed by atoms with Crippen LogP contribution in [0.5, 0.6) is 0 Å². The normalized spacial score (nSPS) is 25.0. The van der Waals surface area contributed by atoms with Gasteiger partial charge in [0.15, 0.2) is 0 Å². The maximum Gasteiger partial charge on any atom is 0.224 e. The third-order valence-corrected chi connectivity index (χ3v) is 7.83. The molecule has 3 aliphatic rings. The molecule has 2 fully saturated rings. The predicted molar refractivity (Wildman–Crippen MR) is 141 cm³/mol. The van der Waals surface area contributed by atoms with Crippen molar-refractivity contribution in [3.63, 3.8) is 0 Å². The first-order valence-corrected chi connectivity index (χ1v) is 13.9. The number of piperidine rings is 1. The molecule has 2 saturated heterocycles. The summed E-state index contributed by atoms with van der Waals surface area (Å²) in [7, 11) is 0. The van der Waals surface area contributed by atoms with Crippen molar-refractivity contribution in [2.75, 3.05) is 42.9 Å². The van der Waals surface area contributed by atoms with Crippen LogP contribution in [-0.4, -0.2) is 64.3 Å². The average molecular weight is 470 g/mol. The highest BCUT2D eigenvalue weighted by molar-refractivity contribution is 5.43. The summed E-state index contributed by atoms with van der Waals surface area (Å²) in [6.45, 7) is 9.58. The molecule has 0 bridgehead atoms. The summed E-state index contributed by atoms with van der Waals surface area (Å²) < 4.78 is 0. The van der Waals surface area contributed by atoms with E-state index in [1.54, 1.807) is 5.57 Å². The number of allylic oxidation sites excluding steroid dienone is 2. The maximum atomic E-state index is 9.93. The summed E-state index contributed by atoms with van der Waals surface area (Å²) in [5, 5.41) is 13.6. The molecule has 1 aromatic rings. The zero-order chi connectivity index (χ0) is 23.8. The molecule has 2 unspecified atom stereocenters. The number of aliphatic hydroxyl groups is 1. The number of anilines is 2. The zero-order valence-electron chi connectivity index (χ0n) is 21.6. The van der Waals surface area contributed by atoms with Gasteiger partial charge in [-0.1, -0.05) is 24.5 Å². The fourth-order valence-electron chi connectivity index (χ4n) is 5.87. The molecule has 0 spiro atoms. The molecule has 0 aromatic carbocycles. The van der Waals surface area contributed by atoms with Gasteiger partial charge in [0.05, 0.1) is 5.60 Å². The lowest BCUT2D eigenvalue weighted by atomic mass is 9.86. The van der Waals surface area contributed by atoms with Crippen LogP contribution < -0.4 is 10.2 Å². The molecule has 4 rings (SSSR count). The Morgan fingerprint density at radius 3 is 2.65 bits per heavy atom. The minimum absolute atomic E-state index is 0.435. The Hall–Kier alpha value is -1.66. The van der Waals surface area contributed by atoms with Crippen LogP contribution in [0.15, 0.2) is 23.9 Å². The molecule has 34 heavy (non-hydrogen) atoms. The number of hydrogen-bond acceptors (Lipinski definition) is 6. The molecule has 6 nitrogen and oxygen atoms in total. The smallest absolute Gasteiger partial charge is 0.224 e. The van der Waals surface area contributed by atoms with Gasteiger partial charge >= 0.3 is 0 Å². The standard InChI is InChI=1S/C28H47N5O/c1-28(2,34)16-7-9-23-11-13-24(14-12-23)21-32-18-8-10-25(22-32)30-27-29-17-15-26(31-27)33-19-5-3-4-6-20-33/h11,15,17,24-25,34H,3-10,12-14,16,18-22H2,1-2H3,(H,29,30,31). The van der Waals surface area contributed by atoms with Gasteiger partial charge in [0, 0.05) is 38.4 Å². The Bertz CT molecular complexity index is 781. The van der Waals surface area contributed by atoms with Crippen LogP contribution >= 0.6 is 0 Å². The van der Waals surface area contributed by atoms with E-state index in [4.69, 9.17) is 4.98 Å². The quantitative estimate of drug-likeness (QED) is 0.472. The molecule has 2 aliphatic heterocycles. The molecule has 6 heteroatoms. The number of likely N-dealkylation sites (tertiary alicyclic amines) is 1. The van der Waals surface area contributed by atoms with E-state index in [1.165, 1.54) is 70.9 Å². The van der Waals surface area contributed by atoms with E-state index in [0.717, 1.165) is 56.6 Å². The van der Waals surface area contributed by atoms with Gasteiger partial charge in [-0.2, -0.15) is 4.98 Å². The first-order chi connectivity index (χ1) is 16.4. The summed E-state index contributed by atoms with van der Waals surface area (Å²) in [4.78, 5) is 14.5. The molecule has 3 heterocycles. The number of hydrogen-bond donors (Lipinski definition) is 2. The van der Waals surface area contributed by atoms with Crippen LogP contribution in [0.1, 0.15) is 90.9 Å². The van der Waals surface area contributed by atoms with E-state index in [9.17, 15) is 5.11 Å². The van der Waals surface area contributed by atoms with Crippen molar-refractivity contribution in [3.05, 3.63) is 23.9 Å². The molecule has 1 aliphatic carbocycles. The highest BCUT2D eigenvalue weighted by Gasteiger charge is 2.24. The number of rotatable bonds is 9. The van der Waals surface area contributed by atoms with Gasteiger partial charge in [0.2, 0.25) is 5.95 Å². The van der Waals surface area contributed by atoms with Crippen LogP contribution in [0.2, 0.25) is 0 Å². The molecule has 0 radical (unpaired) electrons. The Labute approximate surface area is 207 Å². The summed E-state index contributed by atoms with van der Waals surface area (Å²) in [5.41, 5.74) is 1.08. The molecule has 0 amide bonds. The third kappa shape index (κ3) is 8.23. The highest BCUT2D eigenvalue weighted by Crippen LogP contribution is 2.29. The fourth-order valence-corrected chi connectivity index (χ4v) is 5.87. The van der Waals surface area contributed by atoms with E-state index < -0.39 is 5.60 Å². The van der Waals surface area contributed by atoms with E-state index >= 15 is 0 Å². The summed E-state index contributed by atoms with van der Waals surface area (Å²) >= 11 is 0. The first kappa shape index (κ1) is 25.4. The molecular formula is C28H47N5O. The Morgan fingerprint density at radius 2 is 1.91 bits per heavy atom. The highest BCUT2D eigenvalue weighted by atomic mass is 16.3. The molecule has 1 aromatic heterocycles. The predicted octanol–water partition coefficient (Wildman–Crippen LogP) is 5.40. The van der Waals surface area contributed by atoms with E-state index in [2.05, 4.69) is 32.2 Å². The van der Waals surface area contributed by atoms with Crippen LogP contribution in [0, 0.1) is 5.92 Å². The topological polar surface area (TPSA) is 64.5 Å². The van der Waals surface area contributed by atoms with Gasteiger partial charge in [-0.15, -0.1) is 0 Å². The summed E-state index contributed by atoms with van der Waals surface area (Å²) in [6, 6.07) is 2.50. The molecule has 2 N–H and O–H groups in total. The second-order valence-electron chi connectivity index (χ2n) is 11.6. The van der Waals surface area contributed by atoms with Crippen molar-refractivity contribution < 1.29 is 5.11 Å². The van der Waals surface area contributed by atoms with Crippen LogP contribution in [-0.2, 0) is 0 Å². The number of aromatic nitrogens is 2. The molecule has 2 atom stereocenters. The summed E-state index contributed by atoms with van der Waals surface area (Å²) in [5.74, 6) is 2.66. The maximum absolute atomic E-state index is 9.93. The fraction of sp³-hybridized carbons (Fsp3) is 0.786. The van der Waals surface area contributed by atoms with E-state index in [1.807, 2.05) is 20.0 Å². The van der Waals surface area contributed by atoms with Crippen molar-refractivity contribution in [1.29, 1.82) is 0 Å². The Kier molecular flexibility index (Phi) is 9.24. The van der Waals surface area contributed by atoms with E-state index in [0.29, 0.717) is 6.04 Å². The zero-order valence-corrected chi connectivity index (χ0v) is 21.6. The number of nitrogens with zero attached hydrogens (tertiary/aromatic N) is 4. The van der Waals surface area contributed by atoms with Crippen LogP contribution in [0.25, 0.3) is 0 Å². The van der Waals surface area contributed by atoms with Crippen molar-refractivity contribution in [3.8, 4) is 0 Å². The second kappa shape index (κ2) is 12.3. The van der Waals surface area contributed by atoms with Gasteiger partial charge in [0.1, 0.15) is 5.82 Å². The Balaban J connectivity index is 1.22. The third-order valence-electron chi connectivity index (χ3n) is 7.83. The summed E-state index contributed by atoms with van der Waals surface area (Å²) in [6.07, 6.45) is 19.0. The second-order valence-corrected chi connectivity index (χ2v) is 11.6. The lowest BCUT2D eigenvalue weighted by molar-refractivity contribution is 0.0688. The Morgan fingerprint density at radius 1 is 1.09 bits per heavy atom. The molecular weight excluding hydrogens is 422 g/mol. The van der Waals surface area contributed by atoms with Gasteiger partial charge in [0.25, 0.3) is 0 Å². The minimum atomic E-state index is -0.532. The van der Waals surface area contributed by atoms with Gasteiger partial charge in [-0.05, 0) is 96.6 Å². The van der Waals surface area contributed by atoms with Crippen molar-refractivity contribution in [2.24, 2.45) is 5.92 Å². The minimum Gasteiger partial charge on any atom is -0.390 e. The van der Waals surface area contributed by atoms with Crippen molar-refractivity contribution >= 4 is 11.8 Å². The van der Waals surface area contributed by atoms with Crippen LogP contribution in [0.4, 0.5) is 11.8 Å². The van der Waals surface area contributed by atoms with Gasteiger partial charge in [-0.3, -0.25) is 0 Å². The van der Waals surface area contributed by atoms with Crippen molar-refractivity contribution in [1.82, 2.24) is 14.9 Å². The number of nitrogens with one attached hydrogen (secondary N) is 1. The molecule has 190 valence electrons. The van der Waals surface area contributed by atoms with Gasteiger partial charge in [-0.25, -0.2) is 4.98 Å². The largest absolute Gasteiger partial charge is 0.390 e. The van der Waals surface area contributed by atoms with Crippen molar-refractivity contribution in [2.45, 2.75) is 103 Å². The van der Waals surface area contributed by atoms with Crippen LogP contribution in [0.3, 0.4) is 0 Å². The monoisotopic (exact) mass is 469 g/mol. The first-order valence-electron chi connectivity index (χ1n) is 13.9.